The Bertz CT molecular complexity index is 327. The van der Waals surface area contributed by atoms with Crippen molar-refractivity contribution in [3.8, 4) is 0 Å². The Balaban J connectivity index is 3.24. The minimum absolute atomic E-state index is 0.0415. The van der Waals surface area contributed by atoms with Crippen LogP contribution in [0.5, 0.6) is 0 Å². The molecule has 0 aliphatic carbocycles. The highest BCUT2D eigenvalue weighted by Crippen LogP contribution is 2.38. The maximum Gasteiger partial charge on any atom is 0.111 e. The largest absolute Gasteiger partial charge is 0.111 e. The molecule has 0 aromatic heterocycles. The normalized spacial score (nSPS) is 11.2. The van der Waals surface area contributed by atoms with Crippen molar-refractivity contribution in [2.24, 2.45) is 5.41 Å². The Morgan fingerprint density at radius 3 is 1.86 bits per heavy atom. The van der Waals surface area contributed by atoms with E-state index in [9.17, 15) is 0 Å². The van der Waals surface area contributed by atoms with Gasteiger partial charge in [-0.15, -0.1) is 0 Å². The van der Waals surface area contributed by atoms with Crippen LogP contribution in [0.25, 0.3) is 5.57 Å². The smallest absolute Gasteiger partial charge is 0.0705 e. The Labute approximate surface area is 95.5 Å². The molecule has 76 valence electrons. The summed E-state index contributed by atoms with van der Waals surface area (Å²) in [7, 11) is 0. The van der Waals surface area contributed by atoms with Crippen molar-refractivity contribution in [3.05, 3.63) is 40.4 Å². The third-order valence-electron chi connectivity index (χ3n) is 2.00. The van der Waals surface area contributed by atoms with Gasteiger partial charge in [0.25, 0.3) is 0 Å². The summed E-state index contributed by atoms with van der Waals surface area (Å²) in [6, 6.07) is 9.98. The van der Waals surface area contributed by atoms with Gasteiger partial charge < -0.3 is 0 Å². The number of hydrogen-bond donors (Lipinski definition) is 0. The van der Waals surface area contributed by atoms with Gasteiger partial charge in [0.1, 0.15) is 4.49 Å². The molecule has 0 atom stereocenters. The van der Waals surface area contributed by atoms with Crippen LogP contribution >= 0.6 is 23.2 Å². The fourth-order valence-corrected chi connectivity index (χ4v) is 2.22. The highest BCUT2D eigenvalue weighted by Gasteiger charge is 2.21. The van der Waals surface area contributed by atoms with Gasteiger partial charge in [0.05, 0.1) is 0 Å². The first kappa shape index (κ1) is 11.6. The van der Waals surface area contributed by atoms with Gasteiger partial charge in [-0.2, -0.15) is 0 Å². The first-order chi connectivity index (χ1) is 6.43. The van der Waals surface area contributed by atoms with E-state index < -0.39 is 0 Å². The quantitative estimate of drug-likeness (QED) is 0.643. The molecule has 1 aromatic carbocycles. The summed E-state index contributed by atoms with van der Waals surface area (Å²) in [5.74, 6) is 0. The maximum atomic E-state index is 5.91. The lowest BCUT2D eigenvalue weighted by atomic mass is 9.83. The van der Waals surface area contributed by atoms with Crippen LogP contribution in [-0.2, 0) is 0 Å². The number of allylic oxidation sites excluding steroid dienone is 1. The second kappa shape index (κ2) is 4.37. The van der Waals surface area contributed by atoms with E-state index in [1.54, 1.807) is 0 Å². The van der Waals surface area contributed by atoms with E-state index in [4.69, 9.17) is 23.2 Å². The van der Waals surface area contributed by atoms with Crippen molar-refractivity contribution in [2.45, 2.75) is 20.8 Å². The topological polar surface area (TPSA) is 0 Å². The van der Waals surface area contributed by atoms with E-state index in [2.05, 4.69) is 20.8 Å². The molecule has 0 aliphatic rings. The van der Waals surface area contributed by atoms with Crippen molar-refractivity contribution in [1.29, 1.82) is 0 Å². The molecule has 0 aliphatic heterocycles. The van der Waals surface area contributed by atoms with Gasteiger partial charge in [-0.25, -0.2) is 0 Å². The molecule has 0 heterocycles. The van der Waals surface area contributed by atoms with Gasteiger partial charge in [-0.1, -0.05) is 74.3 Å². The Hall–Kier alpha value is -0.460. The van der Waals surface area contributed by atoms with Crippen LogP contribution in [0.2, 0.25) is 0 Å². The zero-order chi connectivity index (χ0) is 10.8. The predicted octanol–water partition coefficient (Wildman–Crippen LogP) is 4.88. The Kier molecular flexibility index (Phi) is 3.63. The van der Waals surface area contributed by atoms with E-state index in [-0.39, 0.29) is 5.41 Å². The molecule has 0 fully saturated rings. The van der Waals surface area contributed by atoms with Crippen molar-refractivity contribution >= 4 is 28.8 Å². The van der Waals surface area contributed by atoms with Gasteiger partial charge in [0.15, 0.2) is 0 Å². The summed E-state index contributed by atoms with van der Waals surface area (Å²) in [5.41, 5.74) is 2.03. The lowest BCUT2D eigenvalue weighted by Gasteiger charge is -2.23. The molecule has 0 unspecified atom stereocenters. The van der Waals surface area contributed by atoms with Crippen LogP contribution in [0.4, 0.5) is 0 Å². The number of hydrogen-bond acceptors (Lipinski definition) is 0. The fourth-order valence-electron chi connectivity index (χ4n) is 1.43. The average molecular weight is 229 g/mol. The Morgan fingerprint density at radius 1 is 1.00 bits per heavy atom. The first-order valence-electron chi connectivity index (χ1n) is 4.54. The molecule has 0 spiro atoms. The monoisotopic (exact) mass is 228 g/mol. The van der Waals surface area contributed by atoms with E-state index in [0.717, 1.165) is 11.1 Å². The van der Waals surface area contributed by atoms with Crippen LogP contribution in [0.15, 0.2) is 34.8 Å². The van der Waals surface area contributed by atoms with Crippen LogP contribution in [0.3, 0.4) is 0 Å². The molecular weight excluding hydrogens is 215 g/mol. The lowest BCUT2D eigenvalue weighted by molar-refractivity contribution is 0.567. The molecule has 0 amide bonds. The highest BCUT2D eigenvalue weighted by atomic mass is 35.5. The van der Waals surface area contributed by atoms with E-state index in [1.807, 2.05) is 30.3 Å². The van der Waals surface area contributed by atoms with E-state index in [1.165, 1.54) is 0 Å². The van der Waals surface area contributed by atoms with Gasteiger partial charge in [0.2, 0.25) is 0 Å². The zero-order valence-corrected chi connectivity index (χ0v) is 10.2. The van der Waals surface area contributed by atoms with Crippen LogP contribution < -0.4 is 0 Å². The average Bonchev–Trinajstić information content (AvgIpc) is 2.02. The van der Waals surface area contributed by atoms with Gasteiger partial charge >= 0.3 is 0 Å². The summed E-state index contributed by atoms with van der Waals surface area (Å²) in [5, 5.41) is 0. The van der Waals surface area contributed by atoms with Crippen molar-refractivity contribution in [3.63, 3.8) is 0 Å². The van der Waals surface area contributed by atoms with Crippen molar-refractivity contribution in [1.82, 2.24) is 0 Å². The second-order valence-electron chi connectivity index (χ2n) is 4.25. The zero-order valence-electron chi connectivity index (χ0n) is 8.64. The summed E-state index contributed by atoms with van der Waals surface area (Å²) in [6.45, 7) is 6.29. The predicted molar refractivity (Wildman–Crippen MR) is 64.5 cm³/mol. The van der Waals surface area contributed by atoms with Crippen LogP contribution in [-0.4, -0.2) is 0 Å². The maximum absolute atomic E-state index is 5.91. The lowest BCUT2D eigenvalue weighted by Crippen LogP contribution is -2.08. The summed E-state index contributed by atoms with van der Waals surface area (Å²) in [4.78, 5) is 0. The minimum atomic E-state index is -0.0415. The molecule has 0 radical (unpaired) electrons. The number of rotatable bonds is 1. The first-order valence-corrected chi connectivity index (χ1v) is 5.29. The molecule has 1 rings (SSSR count). The van der Waals surface area contributed by atoms with Gasteiger partial charge in [-0.05, 0) is 16.6 Å². The molecule has 0 saturated carbocycles. The molecule has 0 nitrogen and oxygen atoms in total. The van der Waals surface area contributed by atoms with E-state index >= 15 is 0 Å². The van der Waals surface area contributed by atoms with E-state index in [0.29, 0.717) is 4.49 Å². The molecule has 1 aromatic rings. The van der Waals surface area contributed by atoms with Crippen molar-refractivity contribution < 1.29 is 0 Å². The molecule has 0 saturated heterocycles. The summed E-state index contributed by atoms with van der Waals surface area (Å²) >= 11 is 11.8. The highest BCUT2D eigenvalue weighted by molar-refractivity contribution is 6.58. The van der Waals surface area contributed by atoms with Gasteiger partial charge in [-0.3, -0.25) is 0 Å². The Morgan fingerprint density at radius 2 is 1.50 bits per heavy atom. The second-order valence-corrected chi connectivity index (χ2v) is 5.20. The van der Waals surface area contributed by atoms with Crippen LogP contribution in [0, 0.1) is 5.41 Å². The number of halogens is 2. The van der Waals surface area contributed by atoms with Gasteiger partial charge in [0, 0.05) is 0 Å². The molecule has 0 N–H and O–H groups in total. The molecule has 14 heavy (non-hydrogen) atoms. The minimum Gasteiger partial charge on any atom is -0.0705 e. The SMILES string of the molecule is CC(C)(C)C(=C(Cl)Cl)c1ccccc1. The summed E-state index contributed by atoms with van der Waals surface area (Å²) < 4.78 is 0.351. The molecule has 2 heteroatoms. The molecule has 0 bridgehead atoms. The third kappa shape index (κ3) is 2.76. The summed E-state index contributed by atoms with van der Waals surface area (Å²) in [6.07, 6.45) is 0. The van der Waals surface area contributed by atoms with Crippen molar-refractivity contribution in [2.75, 3.05) is 0 Å². The van der Waals surface area contributed by atoms with Crippen LogP contribution in [0.1, 0.15) is 26.3 Å². The molecular formula is C12H14Cl2. The fraction of sp³-hybridized carbons (Fsp3) is 0.333. The third-order valence-corrected chi connectivity index (χ3v) is 2.38. The number of benzene rings is 1. The standard InChI is InChI=1S/C12H14Cl2/c1-12(2,3)10(11(13)14)9-7-5-4-6-8-9/h4-8H,1-3H3.